The van der Waals surface area contributed by atoms with Crippen molar-refractivity contribution in [1.82, 2.24) is 9.97 Å². The van der Waals surface area contributed by atoms with Crippen molar-refractivity contribution in [3.63, 3.8) is 0 Å². The molecule has 76 valence electrons. The van der Waals surface area contributed by atoms with E-state index < -0.39 is 6.10 Å². The molecule has 0 spiro atoms. The Labute approximate surface area is 83.0 Å². The average Bonchev–Trinajstić information content (AvgIpc) is 3.01. The van der Waals surface area contributed by atoms with E-state index in [2.05, 4.69) is 9.97 Å². The van der Waals surface area contributed by atoms with E-state index in [0.717, 1.165) is 18.5 Å². The lowest BCUT2D eigenvalue weighted by atomic mass is 10.2. The fourth-order valence-corrected chi connectivity index (χ4v) is 1.41. The third-order valence-corrected chi connectivity index (χ3v) is 2.36. The molecule has 0 saturated heterocycles. The smallest absolute Gasteiger partial charge is 0.157 e. The molecule has 0 aliphatic heterocycles. The number of rotatable bonds is 4. The number of ether oxygens (including phenoxy) is 1. The number of nitrogens with zero attached hydrogens (tertiary/aromatic N) is 2. The van der Waals surface area contributed by atoms with Crippen molar-refractivity contribution in [2.24, 2.45) is 5.92 Å². The van der Waals surface area contributed by atoms with E-state index in [1.54, 1.807) is 19.4 Å². The van der Waals surface area contributed by atoms with Gasteiger partial charge in [-0.25, -0.2) is 9.97 Å². The maximum atomic E-state index is 9.79. The van der Waals surface area contributed by atoms with Gasteiger partial charge in [0.25, 0.3) is 0 Å². The van der Waals surface area contributed by atoms with Crippen molar-refractivity contribution < 1.29 is 9.84 Å². The number of aliphatic hydroxyl groups is 1. The lowest BCUT2D eigenvalue weighted by molar-refractivity contribution is 0.141. The van der Waals surface area contributed by atoms with E-state index in [1.807, 2.05) is 0 Å². The van der Waals surface area contributed by atoms with Crippen LogP contribution in [-0.2, 0) is 11.3 Å². The van der Waals surface area contributed by atoms with Crippen LogP contribution in [0.4, 0.5) is 0 Å². The SMILES string of the molecule is COCc1ccnc(C(O)C2CC2)n1. The number of hydrogen-bond donors (Lipinski definition) is 1. The highest BCUT2D eigenvalue weighted by molar-refractivity contribution is 5.05. The molecule has 1 aromatic heterocycles. The van der Waals surface area contributed by atoms with Gasteiger partial charge in [-0.3, -0.25) is 0 Å². The third kappa shape index (κ3) is 2.08. The standard InChI is InChI=1S/C10H14N2O2/c1-14-6-8-4-5-11-10(12-8)9(13)7-2-3-7/h4-5,7,9,13H,2-3,6H2,1H3. The van der Waals surface area contributed by atoms with Crippen LogP contribution in [0.15, 0.2) is 12.3 Å². The molecule has 14 heavy (non-hydrogen) atoms. The molecular formula is C10H14N2O2. The summed E-state index contributed by atoms with van der Waals surface area (Å²) in [4.78, 5) is 8.30. The van der Waals surface area contributed by atoms with Crippen LogP contribution >= 0.6 is 0 Å². The van der Waals surface area contributed by atoms with Crippen LogP contribution < -0.4 is 0 Å². The Bertz CT molecular complexity index is 313. The minimum Gasteiger partial charge on any atom is -0.385 e. The summed E-state index contributed by atoms with van der Waals surface area (Å²) in [6.45, 7) is 0.465. The first kappa shape index (κ1) is 9.55. The van der Waals surface area contributed by atoms with Crippen LogP contribution in [0.25, 0.3) is 0 Å². The van der Waals surface area contributed by atoms with Gasteiger partial charge in [0, 0.05) is 13.3 Å². The lowest BCUT2D eigenvalue weighted by Crippen LogP contribution is -2.07. The molecule has 1 fully saturated rings. The van der Waals surface area contributed by atoms with Crippen LogP contribution in [0, 0.1) is 5.92 Å². The summed E-state index contributed by atoms with van der Waals surface area (Å²) in [5.74, 6) is 0.898. The van der Waals surface area contributed by atoms with Crippen LogP contribution in [0.3, 0.4) is 0 Å². The van der Waals surface area contributed by atoms with Gasteiger partial charge in [0.05, 0.1) is 12.3 Å². The van der Waals surface area contributed by atoms with E-state index in [4.69, 9.17) is 4.74 Å². The maximum absolute atomic E-state index is 9.79. The van der Waals surface area contributed by atoms with Crippen LogP contribution in [0.2, 0.25) is 0 Å². The molecule has 1 aliphatic rings. The molecule has 1 saturated carbocycles. The summed E-state index contributed by atoms with van der Waals surface area (Å²) >= 11 is 0. The molecule has 0 radical (unpaired) electrons. The Balaban J connectivity index is 2.12. The van der Waals surface area contributed by atoms with Crippen molar-refractivity contribution in [3.05, 3.63) is 23.8 Å². The second-order valence-electron chi connectivity index (χ2n) is 3.62. The topological polar surface area (TPSA) is 55.2 Å². The first-order valence-electron chi connectivity index (χ1n) is 4.80. The number of hydrogen-bond acceptors (Lipinski definition) is 4. The minimum absolute atomic E-state index is 0.368. The van der Waals surface area contributed by atoms with Gasteiger partial charge in [-0.15, -0.1) is 0 Å². The Morgan fingerprint density at radius 3 is 3.07 bits per heavy atom. The van der Waals surface area contributed by atoms with Gasteiger partial charge in [0.2, 0.25) is 0 Å². The Morgan fingerprint density at radius 1 is 1.64 bits per heavy atom. The molecule has 1 N–H and O–H groups in total. The molecule has 1 unspecified atom stereocenters. The summed E-state index contributed by atoms with van der Waals surface area (Å²) in [6, 6.07) is 1.80. The van der Waals surface area contributed by atoms with Crippen molar-refractivity contribution in [2.45, 2.75) is 25.6 Å². The Kier molecular flexibility index (Phi) is 2.74. The lowest BCUT2D eigenvalue weighted by Gasteiger charge is -2.08. The highest BCUT2D eigenvalue weighted by atomic mass is 16.5. The quantitative estimate of drug-likeness (QED) is 0.778. The van der Waals surface area contributed by atoms with Gasteiger partial charge in [0.15, 0.2) is 5.82 Å². The predicted octanol–water partition coefficient (Wildman–Crippen LogP) is 1.07. The van der Waals surface area contributed by atoms with Gasteiger partial charge < -0.3 is 9.84 Å². The molecule has 1 aliphatic carbocycles. The largest absolute Gasteiger partial charge is 0.385 e. The van der Waals surface area contributed by atoms with Crippen LogP contribution in [0.5, 0.6) is 0 Å². The van der Waals surface area contributed by atoms with E-state index in [9.17, 15) is 5.11 Å². The molecular weight excluding hydrogens is 180 g/mol. The maximum Gasteiger partial charge on any atom is 0.157 e. The van der Waals surface area contributed by atoms with E-state index in [-0.39, 0.29) is 0 Å². The third-order valence-electron chi connectivity index (χ3n) is 2.36. The van der Waals surface area contributed by atoms with Crippen LogP contribution in [0.1, 0.15) is 30.5 Å². The summed E-state index contributed by atoms with van der Waals surface area (Å²) in [5, 5.41) is 9.79. The minimum atomic E-state index is -0.494. The first-order valence-corrected chi connectivity index (χ1v) is 4.80. The van der Waals surface area contributed by atoms with Gasteiger partial charge in [-0.1, -0.05) is 0 Å². The molecule has 1 atom stereocenters. The number of aromatic nitrogens is 2. The van der Waals surface area contributed by atoms with Crippen molar-refractivity contribution >= 4 is 0 Å². The molecule has 1 heterocycles. The second kappa shape index (κ2) is 4.02. The Hall–Kier alpha value is -1.00. The highest BCUT2D eigenvalue weighted by Crippen LogP contribution is 2.39. The summed E-state index contributed by atoms with van der Waals surface area (Å²) in [6.07, 6.45) is 3.34. The fourth-order valence-electron chi connectivity index (χ4n) is 1.41. The first-order chi connectivity index (χ1) is 6.81. The molecule has 0 aromatic carbocycles. The molecule has 4 heteroatoms. The Morgan fingerprint density at radius 2 is 2.43 bits per heavy atom. The zero-order valence-electron chi connectivity index (χ0n) is 8.18. The second-order valence-corrected chi connectivity index (χ2v) is 3.62. The molecule has 4 nitrogen and oxygen atoms in total. The van der Waals surface area contributed by atoms with Crippen molar-refractivity contribution in [3.8, 4) is 0 Å². The number of methoxy groups -OCH3 is 1. The zero-order chi connectivity index (χ0) is 9.97. The molecule has 1 aromatic rings. The average molecular weight is 194 g/mol. The van der Waals surface area contributed by atoms with Gasteiger partial charge in [0.1, 0.15) is 6.10 Å². The van der Waals surface area contributed by atoms with E-state index >= 15 is 0 Å². The summed E-state index contributed by atoms with van der Waals surface area (Å²) in [7, 11) is 1.62. The van der Waals surface area contributed by atoms with Gasteiger partial charge in [-0.2, -0.15) is 0 Å². The predicted molar refractivity (Wildman–Crippen MR) is 50.4 cm³/mol. The van der Waals surface area contributed by atoms with Crippen molar-refractivity contribution in [2.75, 3.05) is 7.11 Å². The van der Waals surface area contributed by atoms with Gasteiger partial charge >= 0.3 is 0 Å². The fraction of sp³-hybridized carbons (Fsp3) is 0.600. The molecule has 0 bridgehead atoms. The summed E-state index contributed by atoms with van der Waals surface area (Å²) in [5.41, 5.74) is 0.817. The molecule has 2 rings (SSSR count). The van der Waals surface area contributed by atoms with E-state index in [0.29, 0.717) is 18.3 Å². The number of aliphatic hydroxyl groups excluding tert-OH is 1. The van der Waals surface area contributed by atoms with Crippen LogP contribution in [-0.4, -0.2) is 22.2 Å². The zero-order valence-corrected chi connectivity index (χ0v) is 8.18. The molecule has 0 amide bonds. The van der Waals surface area contributed by atoms with E-state index in [1.165, 1.54) is 0 Å². The highest BCUT2D eigenvalue weighted by Gasteiger charge is 2.32. The van der Waals surface area contributed by atoms with Crippen molar-refractivity contribution in [1.29, 1.82) is 0 Å². The normalized spacial score (nSPS) is 18.1. The summed E-state index contributed by atoms with van der Waals surface area (Å²) < 4.78 is 4.97. The monoisotopic (exact) mass is 194 g/mol. The van der Waals surface area contributed by atoms with Gasteiger partial charge in [-0.05, 0) is 24.8 Å².